The average molecular weight is 476 g/mol. The molecule has 0 amide bonds. The zero-order chi connectivity index (χ0) is 24.0. The smallest absolute Gasteiger partial charge is 0.192 e. The van der Waals surface area contributed by atoms with Crippen LogP contribution >= 0.6 is 0 Å². The number of nitrogens with one attached hydrogen (secondary N) is 1. The van der Waals surface area contributed by atoms with Crippen LogP contribution in [0.4, 0.5) is 0 Å². The summed E-state index contributed by atoms with van der Waals surface area (Å²) in [6.45, 7) is 36.3. The van der Waals surface area contributed by atoms with Crippen LogP contribution in [0, 0.1) is 0 Å². The molecule has 30 heavy (non-hydrogen) atoms. The molecule has 1 N–H and O–H groups in total. The Labute approximate surface area is 191 Å². The van der Waals surface area contributed by atoms with Gasteiger partial charge in [-0.3, -0.25) is 0 Å². The van der Waals surface area contributed by atoms with Crippen LogP contribution in [0.5, 0.6) is 0 Å². The Bertz CT molecular complexity index is 572. The fourth-order valence-corrected chi connectivity index (χ4v) is 6.47. The third kappa shape index (κ3) is 6.75. The minimum Gasteiger partial charge on any atom is -0.415 e. The van der Waals surface area contributed by atoms with E-state index in [9.17, 15) is 0 Å². The van der Waals surface area contributed by atoms with Gasteiger partial charge in [0.1, 0.15) is 0 Å². The van der Waals surface area contributed by atoms with Crippen molar-refractivity contribution in [3.05, 3.63) is 0 Å². The second kappa shape index (κ2) is 9.03. The summed E-state index contributed by atoms with van der Waals surface area (Å²) in [6.07, 6.45) is 0.137. The predicted octanol–water partition coefficient (Wildman–Crippen LogP) is 6.76. The van der Waals surface area contributed by atoms with E-state index >= 15 is 0 Å². The molecular formula is C23H53NO3Si3. The maximum Gasteiger partial charge on any atom is 0.192 e. The van der Waals surface area contributed by atoms with Crippen LogP contribution in [-0.2, 0) is 13.3 Å². The Morgan fingerprint density at radius 2 is 1.07 bits per heavy atom. The number of rotatable bonds is 7. The van der Waals surface area contributed by atoms with Crippen LogP contribution in [0.25, 0.3) is 0 Å². The van der Waals surface area contributed by atoms with Crippen molar-refractivity contribution in [2.24, 2.45) is 0 Å². The van der Waals surface area contributed by atoms with Gasteiger partial charge in [0.25, 0.3) is 0 Å². The molecule has 0 spiro atoms. The van der Waals surface area contributed by atoms with Crippen LogP contribution < -0.4 is 5.32 Å². The van der Waals surface area contributed by atoms with Gasteiger partial charge in [0.05, 0.1) is 24.9 Å². The molecule has 1 heterocycles. The molecule has 4 nitrogen and oxygen atoms in total. The third-order valence-corrected chi connectivity index (χ3v) is 21.7. The van der Waals surface area contributed by atoms with Crippen molar-refractivity contribution in [3.63, 3.8) is 0 Å². The summed E-state index contributed by atoms with van der Waals surface area (Å²) in [5.41, 5.74) is 0. The van der Waals surface area contributed by atoms with Crippen molar-refractivity contribution >= 4 is 25.0 Å². The van der Waals surface area contributed by atoms with Crippen LogP contribution in [0.1, 0.15) is 62.3 Å². The summed E-state index contributed by atoms with van der Waals surface area (Å²) >= 11 is 0. The molecule has 7 heteroatoms. The van der Waals surface area contributed by atoms with Crippen molar-refractivity contribution in [2.45, 2.75) is 135 Å². The molecule has 1 aliphatic rings. The van der Waals surface area contributed by atoms with Crippen LogP contribution in [0.2, 0.25) is 54.4 Å². The van der Waals surface area contributed by atoms with Gasteiger partial charge in [0.15, 0.2) is 25.0 Å². The lowest BCUT2D eigenvalue weighted by atomic mass is 10.1. The summed E-state index contributed by atoms with van der Waals surface area (Å²) in [4.78, 5) is 0. The highest BCUT2D eigenvalue weighted by molar-refractivity contribution is 6.75. The highest BCUT2D eigenvalue weighted by Crippen LogP contribution is 2.42. The molecule has 0 aromatic heterocycles. The standard InChI is InChI=1S/C23H53NO3Si3/c1-21(2,3)28(10,11)25-17-18-20(27-30(14,15)23(7,8)9)19(16-24-18)26-29(12,13)22(4,5)6/h18-20,24H,16-17H2,1-15H3/t18-,19+,20-/m0/s1. The molecular weight excluding hydrogens is 423 g/mol. The molecule has 0 aliphatic carbocycles. The van der Waals surface area contributed by atoms with E-state index in [0.717, 1.165) is 6.54 Å². The van der Waals surface area contributed by atoms with E-state index in [-0.39, 0.29) is 33.4 Å². The molecule has 0 radical (unpaired) electrons. The van der Waals surface area contributed by atoms with Crippen molar-refractivity contribution in [3.8, 4) is 0 Å². The van der Waals surface area contributed by atoms with Crippen molar-refractivity contribution < 1.29 is 13.3 Å². The minimum absolute atomic E-state index is 0.0461. The second-order valence-corrected chi connectivity index (χ2v) is 28.2. The lowest BCUT2D eigenvalue weighted by Gasteiger charge is -2.44. The van der Waals surface area contributed by atoms with Gasteiger partial charge < -0.3 is 18.6 Å². The summed E-state index contributed by atoms with van der Waals surface area (Å²) in [5.74, 6) is 0. The van der Waals surface area contributed by atoms with Gasteiger partial charge in [-0.15, -0.1) is 0 Å². The first-order chi connectivity index (χ1) is 13.0. The monoisotopic (exact) mass is 475 g/mol. The molecule has 0 aromatic carbocycles. The van der Waals surface area contributed by atoms with Crippen LogP contribution in [0.15, 0.2) is 0 Å². The molecule has 0 saturated carbocycles. The van der Waals surface area contributed by atoms with E-state index < -0.39 is 25.0 Å². The van der Waals surface area contributed by atoms with Gasteiger partial charge in [-0.1, -0.05) is 62.3 Å². The van der Waals surface area contributed by atoms with E-state index in [1.54, 1.807) is 0 Å². The molecule has 3 atom stereocenters. The summed E-state index contributed by atoms with van der Waals surface area (Å²) < 4.78 is 20.5. The fourth-order valence-electron chi connectivity index (χ4n) is 2.77. The Kier molecular flexibility index (Phi) is 8.58. The molecule has 0 unspecified atom stereocenters. The highest BCUT2D eigenvalue weighted by Gasteiger charge is 2.49. The quantitative estimate of drug-likeness (QED) is 0.413. The number of hydrogen-bond acceptors (Lipinski definition) is 4. The zero-order valence-electron chi connectivity index (χ0n) is 22.9. The largest absolute Gasteiger partial charge is 0.415 e. The Morgan fingerprint density at radius 3 is 1.47 bits per heavy atom. The topological polar surface area (TPSA) is 39.7 Å². The lowest BCUT2D eigenvalue weighted by molar-refractivity contribution is 0.0446. The summed E-state index contributed by atoms with van der Waals surface area (Å²) in [5, 5.41) is 4.28. The molecule has 180 valence electrons. The molecule has 1 aliphatic heterocycles. The van der Waals surface area contributed by atoms with Crippen LogP contribution in [-0.4, -0.2) is 56.4 Å². The zero-order valence-corrected chi connectivity index (χ0v) is 25.9. The highest BCUT2D eigenvalue weighted by atomic mass is 28.4. The van der Waals surface area contributed by atoms with Crippen molar-refractivity contribution in [1.29, 1.82) is 0 Å². The molecule has 1 rings (SSSR count). The number of hydrogen-bond donors (Lipinski definition) is 1. The van der Waals surface area contributed by atoms with E-state index in [1.165, 1.54) is 0 Å². The Morgan fingerprint density at radius 1 is 0.667 bits per heavy atom. The lowest BCUT2D eigenvalue weighted by Crippen LogP contribution is -2.54. The summed E-state index contributed by atoms with van der Waals surface area (Å²) in [7, 11) is -5.64. The molecule has 0 bridgehead atoms. The first kappa shape index (κ1) is 28.5. The van der Waals surface area contributed by atoms with Crippen molar-refractivity contribution in [2.75, 3.05) is 13.2 Å². The first-order valence-corrected chi connectivity index (χ1v) is 20.5. The Hall–Kier alpha value is 0.491. The first-order valence-electron chi connectivity index (χ1n) is 11.7. The van der Waals surface area contributed by atoms with E-state index in [1.807, 2.05) is 0 Å². The predicted molar refractivity (Wildman–Crippen MR) is 139 cm³/mol. The van der Waals surface area contributed by atoms with Crippen LogP contribution in [0.3, 0.4) is 0 Å². The van der Waals surface area contributed by atoms with Gasteiger partial charge in [0, 0.05) is 6.54 Å². The van der Waals surface area contributed by atoms with Gasteiger partial charge in [-0.2, -0.15) is 0 Å². The maximum absolute atomic E-state index is 7.01. The second-order valence-electron chi connectivity index (χ2n) is 13.8. The minimum atomic E-state index is -1.94. The van der Waals surface area contributed by atoms with Gasteiger partial charge >= 0.3 is 0 Å². The van der Waals surface area contributed by atoms with E-state index in [2.05, 4.69) is 107 Å². The molecule has 1 saturated heterocycles. The molecule has 1 fully saturated rings. The maximum atomic E-state index is 7.01. The van der Waals surface area contributed by atoms with E-state index in [0.29, 0.717) is 6.61 Å². The van der Waals surface area contributed by atoms with Gasteiger partial charge in [-0.25, -0.2) is 0 Å². The SMILES string of the molecule is CC(C)(C)[Si](C)(C)OC[C@@H]1NC[C@@H](O[Si](C)(C)C(C)(C)C)[C@H]1O[Si](C)(C)C(C)(C)C. The fraction of sp³-hybridized carbons (Fsp3) is 1.00. The third-order valence-electron chi connectivity index (χ3n) is 8.26. The average Bonchev–Trinajstić information content (AvgIpc) is 2.82. The van der Waals surface area contributed by atoms with Gasteiger partial charge in [0.2, 0.25) is 0 Å². The molecule has 0 aromatic rings. The Balaban J connectivity index is 3.11. The summed E-state index contributed by atoms with van der Waals surface area (Å²) in [6, 6.07) is 0.183. The normalized spacial score (nSPS) is 25.1. The van der Waals surface area contributed by atoms with E-state index in [4.69, 9.17) is 13.3 Å². The van der Waals surface area contributed by atoms with Crippen molar-refractivity contribution in [1.82, 2.24) is 5.32 Å². The van der Waals surface area contributed by atoms with Gasteiger partial charge in [-0.05, 0) is 54.4 Å².